The van der Waals surface area contributed by atoms with Crippen molar-refractivity contribution in [3.8, 4) is 0 Å². The smallest absolute Gasteiger partial charge is 0.326 e. The Labute approximate surface area is 109 Å². The van der Waals surface area contributed by atoms with E-state index in [-0.39, 0.29) is 5.91 Å². The number of likely N-dealkylation sites (tertiary alicyclic amines) is 1. The molecule has 1 N–H and O–H groups in total. The molecule has 1 amide bonds. The Bertz CT molecular complexity index is 303. The highest BCUT2D eigenvalue weighted by Gasteiger charge is 2.34. The SMILES string of the molecule is CCCC(C)CC(=O)N1CCC(C)CC1C(=O)O. The van der Waals surface area contributed by atoms with E-state index in [9.17, 15) is 14.7 Å². The van der Waals surface area contributed by atoms with Crippen molar-refractivity contribution >= 4 is 11.9 Å². The lowest BCUT2D eigenvalue weighted by Gasteiger charge is -2.36. The zero-order valence-corrected chi connectivity index (χ0v) is 11.7. The third-order valence-electron chi connectivity index (χ3n) is 3.77. The van der Waals surface area contributed by atoms with Crippen LogP contribution in [0.2, 0.25) is 0 Å². The maximum Gasteiger partial charge on any atom is 0.326 e. The minimum absolute atomic E-state index is 0.00949. The molecule has 4 heteroatoms. The fraction of sp³-hybridized carbons (Fsp3) is 0.857. The minimum Gasteiger partial charge on any atom is -0.480 e. The van der Waals surface area contributed by atoms with Crippen LogP contribution in [-0.4, -0.2) is 34.5 Å². The average Bonchev–Trinajstić information content (AvgIpc) is 2.28. The maximum absolute atomic E-state index is 12.2. The molecule has 0 saturated carbocycles. The second-order valence-corrected chi connectivity index (χ2v) is 5.67. The van der Waals surface area contributed by atoms with Crippen LogP contribution in [0.3, 0.4) is 0 Å². The summed E-state index contributed by atoms with van der Waals surface area (Å²) in [5.41, 5.74) is 0. The molecule has 0 spiro atoms. The van der Waals surface area contributed by atoms with Gasteiger partial charge in [-0.05, 0) is 24.7 Å². The first-order valence-corrected chi connectivity index (χ1v) is 6.98. The molecule has 1 aliphatic rings. The van der Waals surface area contributed by atoms with Crippen LogP contribution in [0.1, 0.15) is 52.9 Å². The highest BCUT2D eigenvalue weighted by Crippen LogP contribution is 2.24. The van der Waals surface area contributed by atoms with Gasteiger partial charge in [-0.25, -0.2) is 4.79 Å². The van der Waals surface area contributed by atoms with Gasteiger partial charge < -0.3 is 10.0 Å². The Balaban J connectivity index is 2.61. The van der Waals surface area contributed by atoms with Gasteiger partial charge in [-0.3, -0.25) is 4.79 Å². The van der Waals surface area contributed by atoms with E-state index in [0.717, 1.165) is 19.3 Å². The van der Waals surface area contributed by atoms with Crippen LogP contribution in [0.25, 0.3) is 0 Å². The monoisotopic (exact) mass is 255 g/mol. The summed E-state index contributed by atoms with van der Waals surface area (Å²) in [6.07, 6.45) is 4.06. The van der Waals surface area contributed by atoms with Crippen LogP contribution >= 0.6 is 0 Å². The molecule has 18 heavy (non-hydrogen) atoms. The number of piperidine rings is 1. The summed E-state index contributed by atoms with van der Waals surface area (Å²) in [6, 6.07) is -0.616. The lowest BCUT2D eigenvalue weighted by molar-refractivity contribution is -0.153. The van der Waals surface area contributed by atoms with E-state index in [2.05, 4.69) is 20.8 Å². The summed E-state index contributed by atoms with van der Waals surface area (Å²) in [7, 11) is 0. The molecule has 0 aromatic heterocycles. The first-order valence-electron chi connectivity index (χ1n) is 6.98. The first-order chi connectivity index (χ1) is 8.45. The molecule has 4 nitrogen and oxygen atoms in total. The number of carboxylic acids is 1. The maximum atomic E-state index is 12.2. The Kier molecular flexibility index (Phi) is 5.63. The molecule has 0 aliphatic carbocycles. The van der Waals surface area contributed by atoms with Crippen LogP contribution in [0, 0.1) is 11.8 Å². The van der Waals surface area contributed by atoms with E-state index in [1.54, 1.807) is 4.90 Å². The standard InChI is InChI=1S/C14H25NO3/c1-4-5-10(2)9-13(16)15-7-6-11(3)8-12(15)14(17)18/h10-12H,4-9H2,1-3H3,(H,17,18). The zero-order chi connectivity index (χ0) is 13.7. The second kappa shape index (κ2) is 6.76. The van der Waals surface area contributed by atoms with E-state index in [0.29, 0.717) is 31.2 Å². The number of carbonyl (C=O) groups excluding carboxylic acids is 1. The van der Waals surface area contributed by atoms with Gasteiger partial charge in [-0.1, -0.05) is 33.6 Å². The Morgan fingerprint density at radius 3 is 2.67 bits per heavy atom. The Morgan fingerprint density at radius 1 is 1.44 bits per heavy atom. The molecule has 0 bridgehead atoms. The normalized spacial score (nSPS) is 25.8. The van der Waals surface area contributed by atoms with Crippen molar-refractivity contribution in [1.29, 1.82) is 0 Å². The van der Waals surface area contributed by atoms with Gasteiger partial charge in [0.05, 0.1) is 0 Å². The molecule has 1 rings (SSSR count). The van der Waals surface area contributed by atoms with E-state index in [4.69, 9.17) is 0 Å². The quantitative estimate of drug-likeness (QED) is 0.821. The predicted octanol–water partition coefficient (Wildman–Crippen LogP) is 2.52. The summed E-state index contributed by atoms with van der Waals surface area (Å²) in [6.45, 7) is 6.81. The van der Waals surface area contributed by atoms with Crippen LogP contribution in [0.4, 0.5) is 0 Å². The molecular weight excluding hydrogens is 230 g/mol. The van der Waals surface area contributed by atoms with E-state index in [1.807, 2.05) is 0 Å². The van der Waals surface area contributed by atoms with Crippen molar-refractivity contribution in [2.75, 3.05) is 6.54 Å². The average molecular weight is 255 g/mol. The zero-order valence-electron chi connectivity index (χ0n) is 11.7. The van der Waals surface area contributed by atoms with Gasteiger partial charge in [0.2, 0.25) is 5.91 Å². The summed E-state index contributed by atoms with van der Waals surface area (Å²) in [5.74, 6) is -0.118. The molecule has 3 atom stereocenters. The highest BCUT2D eigenvalue weighted by atomic mass is 16.4. The Morgan fingerprint density at radius 2 is 2.11 bits per heavy atom. The van der Waals surface area contributed by atoms with Crippen molar-refractivity contribution in [3.63, 3.8) is 0 Å². The molecule has 0 aromatic carbocycles. The number of carbonyl (C=O) groups is 2. The fourth-order valence-corrected chi connectivity index (χ4v) is 2.68. The number of amides is 1. The summed E-state index contributed by atoms with van der Waals surface area (Å²) in [4.78, 5) is 25.0. The van der Waals surface area contributed by atoms with Crippen molar-refractivity contribution in [2.45, 2.75) is 58.9 Å². The molecule has 104 valence electrons. The van der Waals surface area contributed by atoms with Crippen molar-refractivity contribution in [3.05, 3.63) is 0 Å². The van der Waals surface area contributed by atoms with Crippen molar-refractivity contribution in [1.82, 2.24) is 4.90 Å². The lowest BCUT2D eigenvalue weighted by atomic mass is 9.91. The van der Waals surface area contributed by atoms with Crippen LogP contribution in [0.15, 0.2) is 0 Å². The molecule has 1 saturated heterocycles. The summed E-state index contributed by atoms with van der Waals surface area (Å²) in [5, 5.41) is 9.22. The fourth-order valence-electron chi connectivity index (χ4n) is 2.68. The van der Waals surface area contributed by atoms with Gasteiger partial charge in [-0.2, -0.15) is 0 Å². The number of nitrogens with zero attached hydrogens (tertiary/aromatic N) is 1. The molecule has 0 radical (unpaired) electrons. The van der Waals surface area contributed by atoms with Gasteiger partial charge in [0, 0.05) is 13.0 Å². The number of hydrogen-bond donors (Lipinski definition) is 1. The third kappa shape index (κ3) is 4.00. The van der Waals surface area contributed by atoms with Gasteiger partial charge in [0.1, 0.15) is 6.04 Å². The number of aliphatic carboxylic acids is 1. The van der Waals surface area contributed by atoms with Gasteiger partial charge >= 0.3 is 5.97 Å². The molecule has 0 aromatic rings. The topological polar surface area (TPSA) is 57.6 Å². The second-order valence-electron chi connectivity index (χ2n) is 5.67. The van der Waals surface area contributed by atoms with Crippen molar-refractivity contribution in [2.24, 2.45) is 11.8 Å². The molecular formula is C14H25NO3. The highest BCUT2D eigenvalue weighted by molar-refractivity contribution is 5.84. The van der Waals surface area contributed by atoms with E-state index in [1.165, 1.54) is 0 Å². The third-order valence-corrected chi connectivity index (χ3v) is 3.77. The first kappa shape index (κ1) is 15.0. The number of hydrogen-bond acceptors (Lipinski definition) is 2. The molecule has 1 fully saturated rings. The Hall–Kier alpha value is -1.06. The van der Waals surface area contributed by atoms with Gasteiger partial charge in [-0.15, -0.1) is 0 Å². The largest absolute Gasteiger partial charge is 0.480 e. The number of rotatable bonds is 5. The van der Waals surface area contributed by atoms with E-state index < -0.39 is 12.0 Å². The minimum atomic E-state index is -0.863. The van der Waals surface area contributed by atoms with Crippen LogP contribution in [0.5, 0.6) is 0 Å². The van der Waals surface area contributed by atoms with Gasteiger partial charge in [0.15, 0.2) is 0 Å². The van der Waals surface area contributed by atoms with Gasteiger partial charge in [0.25, 0.3) is 0 Å². The van der Waals surface area contributed by atoms with Crippen molar-refractivity contribution < 1.29 is 14.7 Å². The van der Waals surface area contributed by atoms with Crippen LogP contribution in [-0.2, 0) is 9.59 Å². The predicted molar refractivity (Wildman–Crippen MR) is 70.2 cm³/mol. The molecule has 1 aliphatic heterocycles. The summed E-state index contributed by atoms with van der Waals surface area (Å²) >= 11 is 0. The molecule has 1 heterocycles. The summed E-state index contributed by atoms with van der Waals surface area (Å²) < 4.78 is 0. The van der Waals surface area contributed by atoms with Crippen LogP contribution < -0.4 is 0 Å². The van der Waals surface area contributed by atoms with E-state index >= 15 is 0 Å². The number of carboxylic acid groups (broad SMARTS) is 1. The lowest BCUT2D eigenvalue weighted by Crippen LogP contribution is -2.50. The molecule has 3 unspecified atom stereocenters.